The molecule has 40 heavy (non-hydrogen) atoms. The lowest BCUT2D eigenvalue weighted by molar-refractivity contribution is -0.207. The molecule has 0 spiro atoms. The lowest BCUT2D eigenvalue weighted by Gasteiger charge is -2.63. The molecule has 0 aromatic heterocycles. The molecule has 4 nitrogen and oxygen atoms in total. The highest BCUT2D eigenvalue weighted by atomic mass is 16.3. The molecule has 6 rings (SSSR count). The van der Waals surface area contributed by atoms with Crippen molar-refractivity contribution in [2.24, 2.45) is 46.3 Å². The van der Waals surface area contributed by atoms with Crippen molar-refractivity contribution in [2.75, 3.05) is 0 Å². The van der Waals surface area contributed by atoms with E-state index >= 15 is 0 Å². The van der Waals surface area contributed by atoms with Gasteiger partial charge >= 0.3 is 0 Å². The molecule has 0 heterocycles. The summed E-state index contributed by atoms with van der Waals surface area (Å²) < 4.78 is 0. The molecule has 0 radical (unpaired) electrons. The van der Waals surface area contributed by atoms with Crippen molar-refractivity contribution in [3.05, 3.63) is 71.8 Å². The van der Waals surface area contributed by atoms with Gasteiger partial charge in [0.1, 0.15) is 5.60 Å². The summed E-state index contributed by atoms with van der Waals surface area (Å²) in [6, 6.07) is 20.1. The molecule has 4 N–H and O–H groups in total. The summed E-state index contributed by atoms with van der Waals surface area (Å²) in [6.45, 7) is 7.04. The summed E-state index contributed by atoms with van der Waals surface area (Å²) in [6.07, 6.45) is 6.85. The van der Waals surface area contributed by atoms with Gasteiger partial charge in [0.2, 0.25) is 0 Å². The first-order chi connectivity index (χ1) is 19.1. The number of aliphatic hydroxyl groups excluding tert-OH is 3. The van der Waals surface area contributed by atoms with Crippen molar-refractivity contribution in [1.82, 2.24) is 0 Å². The highest BCUT2D eigenvalue weighted by molar-refractivity contribution is 5.35. The Morgan fingerprint density at radius 1 is 0.825 bits per heavy atom. The minimum absolute atomic E-state index is 0.0942. The maximum atomic E-state index is 12.1. The molecular weight excluding hydrogens is 496 g/mol. The molecule has 4 fully saturated rings. The Kier molecular flexibility index (Phi) is 7.47. The van der Waals surface area contributed by atoms with Gasteiger partial charge in [-0.05, 0) is 115 Å². The Hall–Kier alpha value is -1.72. The van der Waals surface area contributed by atoms with Crippen LogP contribution in [0.1, 0.15) is 89.7 Å². The number of hydrogen-bond acceptors (Lipinski definition) is 4. The molecule has 11 atom stereocenters. The minimum Gasteiger partial charge on any atom is -0.393 e. The molecule has 0 unspecified atom stereocenters. The molecule has 0 aliphatic heterocycles. The van der Waals surface area contributed by atoms with Crippen LogP contribution in [0.25, 0.3) is 0 Å². The van der Waals surface area contributed by atoms with Gasteiger partial charge in [0.05, 0.1) is 18.3 Å². The van der Waals surface area contributed by atoms with Crippen molar-refractivity contribution in [3.8, 4) is 0 Å². The van der Waals surface area contributed by atoms with E-state index in [0.29, 0.717) is 36.0 Å². The average Bonchev–Trinajstić information content (AvgIpc) is 3.32. The molecule has 0 amide bonds. The van der Waals surface area contributed by atoms with Gasteiger partial charge < -0.3 is 20.4 Å². The van der Waals surface area contributed by atoms with Crippen molar-refractivity contribution in [3.63, 3.8) is 0 Å². The van der Waals surface area contributed by atoms with Crippen LogP contribution in [-0.2, 0) is 5.60 Å². The molecule has 4 heteroatoms. The smallest absolute Gasteiger partial charge is 0.115 e. The van der Waals surface area contributed by atoms with Crippen molar-refractivity contribution >= 4 is 0 Å². The van der Waals surface area contributed by atoms with Crippen molar-refractivity contribution < 1.29 is 20.4 Å². The molecule has 218 valence electrons. The predicted octanol–water partition coefficient (Wildman–Crippen LogP) is 6.30. The van der Waals surface area contributed by atoms with Crippen LogP contribution in [0.15, 0.2) is 60.7 Å². The van der Waals surface area contributed by atoms with Crippen LogP contribution in [-0.4, -0.2) is 38.7 Å². The number of rotatable bonds is 6. The zero-order chi connectivity index (χ0) is 28.3. The van der Waals surface area contributed by atoms with Crippen LogP contribution in [0.4, 0.5) is 0 Å². The van der Waals surface area contributed by atoms with E-state index in [0.717, 1.165) is 62.5 Å². The maximum Gasteiger partial charge on any atom is 0.115 e. The van der Waals surface area contributed by atoms with E-state index in [1.54, 1.807) is 0 Å². The Morgan fingerprint density at radius 3 is 2.08 bits per heavy atom. The Labute approximate surface area is 240 Å². The van der Waals surface area contributed by atoms with Crippen LogP contribution in [0, 0.1) is 46.3 Å². The first-order valence-electron chi connectivity index (χ1n) is 16.0. The quantitative estimate of drug-likeness (QED) is 0.343. The van der Waals surface area contributed by atoms with Gasteiger partial charge in [0, 0.05) is 0 Å². The number of hydrogen-bond donors (Lipinski definition) is 4. The topological polar surface area (TPSA) is 80.9 Å². The number of benzene rings is 2. The fourth-order valence-corrected chi connectivity index (χ4v) is 10.7. The van der Waals surface area contributed by atoms with E-state index in [9.17, 15) is 20.4 Å². The Morgan fingerprint density at radius 2 is 1.45 bits per heavy atom. The number of aliphatic hydroxyl groups is 4. The zero-order valence-electron chi connectivity index (χ0n) is 24.6. The fourth-order valence-electron chi connectivity index (χ4n) is 10.7. The normalized spacial score (nSPS) is 42.0. The number of fused-ring (bicyclic) bond motifs is 5. The van der Waals surface area contributed by atoms with Crippen LogP contribution in [0.2, 0.25) is 0 Å². The van der Waals surface area contributed by atoms with E-state index in [4.69, 9.17) is 0 Å². The van der Waals surface area contributed by atoms with Gasteiger partial charge in [-0.25, -0.2) is 0 Å². The summed E-state index contributed by atoms with van der Waals surface area (Å²) in [7, 11) is 0. The van der Waals surface area contributed by atoms with Gasteiger partial charge in [0.15, 0.2) is 0 Å². The first-order valence-corrected chi connectivity index (χ1v) is 16.0. The second kappa shape index (κ2) is 10.5. The predicted molar refractivity (Wildman–Crippen MR) is 158 cm³/mol. The Bertz CT molecular complexity index is 1110. The second-order valence-corrected chi connectivity index (χ2v) is 14.6. The maximum absolute atomic E-state index is 12.1. The molecule has 4 saturated carbocycles. The van der Waals surface area contributed by atoms with E-state index < -0.39 is 5.60 Å². The third-order valence-electron chi connectivity index (χ3n) is 13.0. The van der Waals surface area contributed by atoms with Crippen LogP contribution in [0.3, 0.4) is 0 Å². The van der Waals surface area contributed by atoms with E-state index in [1.165, 1.54) is 0 Å². The fraction of sp³-hybridized carbons (Fsp3) is 0.667. The van der Waals surface area contributed by atoms with Gasteiger partial charge in [-0.3, -0.25) is 0 Å². The highest BCUT2D eigenvalue weighted by Crippen LogP contribution is 2.68. The second-order valence-electron chi connectivity index (χ2n) is 14.6. The van der Waals surface area contributed by atoms with Gasteiger partial charge in [-0.2, -0.15) is 0 Å². The molecule has 4 aliphatic rings. The zero-order valence-corrected chi connectivity index (χ0v) is 24.6. The standard InChI is InChI=1S/C36H50O4/c1-23(16-19-36(40,24-10-6-4-7-11-24)25-12-8-5-9-13-25)28-14-15-29-33-30(22-32(39)35(28,29)3)34(2)18-17-27(37)20-26(34)21-31(33)38/h4-13,23,26-33,37-40H,14-22H2,1-3H3/t23-,26-,27+,28+,29-,30-,31+,32-,33-,34-,35+/m0/s1. The van der Waals surface area contributed by atoms with E-state index in [1.807, 2.05) is 60.7 Å². The summed E-state index contributed by atoms with van der Waals surface area (Å²) in [4.78, 5) is 0. The third-order valence-corrected chi connectivity index (χ3v) is 13.0. The summed E-state index contributed by atoms with van der Waals surface area (Å²) in [5, 5.41) is 46.1. The van der Waals surface area contributed by atoms with E-state index in [-0.39, 0.29) is 35.1 Å². The Balaban J connectivity index is 1.24. The SMILES string of the molecule is C[C@@H](CCC(O)(c1ccccc1)c1ccccc1)[C@H]1CC[C@H]2[C@@H]3[C@H](O)C[C@@H]4C[C@H](O)CC[C@]4(C)[C@H]3C[C@H](O)[C@]12C. The molecule has 0 saturated heterocycles. The monoisotopic (exact) mass is 546 g/mol. The van der Waals surface area contributed by atoms with Gasteiger partial charge in [0.25, 0.3) is 0 Å². The van der Waals surface area contributed by atoms with Crippen LogP contribution >= 0.6 is 0 Å². The largest absolute Gasteiger partial charge is 0.393 e. The third kappa shape index (κ3) is 4.40. The average molecular weight is 547 g/mol. The summed E-state index contributed by atoms with van der Waals surface area (Å²) in [5.41, 5.74) is 0.666. The van der Waals surface area contributed by atoms with Gasteiger partial charge in [-0.15, -0.1) is 0 Å². The summed E-state index contributed by atoms with van der Waals surface area (Å²) >= 11 is 0. The van der Waals surface area contributed by atoms with Gasteiger partial charge in [-0.1, -0.05) is 81.4 Å². The van der Waals surface area contributed by atoms with E-state index in [2.05, 4.69) is 20.8 Å². The first kappa shape index (κ1) is 28.4. The lowest BCUT2D eigenvalue weighted by Crippen LogP contribution is -2.62. The molecule has 2 aromatic rings. The van der Waals surface area contributed by atoms with Crippen molar-refractivity contribution in [2.45, 2.75) is 102 Å². The van der Waals surface area contributed by atoms with Crippen LogP contribution < -0.4 is 0 Å². The minimum atomic E-state index is -1.05. The molecule has 0 bridgehead atoms. The molecule has 4 aliphatic carbocycles. The molecule has 2 aromatic carbocycles. The summed E-state index contributed by atoms with van der Waals surface area (Å²) in [5.74, 6) is 1.90. The van der Waals surface area contributed by atoms with Crippen LogP contribution in [0.5, 0.6) is 0 Å². The van der Waals surface area contributed by atoms with Crippen molar-refractivity contribution in [1.29, 1.82) is 0 Å². The highest BCUT2D eigenvalue weighted by Gasteiger charge is 2.65. The lowest BCUT2D eigenvalue weighted by atomic mass is 9.43. The molecular formula is C36H50O4.